The molecule has 2 fully saturated rings. The topological polar surface area (TPSA) is 40.5 Å². The van der Waals surface area contributed by atoms with Crippen LogP contribution < -0.4 is 0 Å². The summed E-state index contributed by atoms with van der Waals surface area (Å²) in [5.41, 5.74) is 0. The maximum absolute atomic E-state index is 10.6. The van der Waals surface area contributed by atoms with Crippen LogP contribution in [-0.4, -0.2) is 46.1 Å². The molecule has 0 amide bonds. The fourth-order valence-electron chi connectivity index (χ4n) is 1.52. The van der Waals surface area contributed by atoms with Crippen LogP contribution in [0.4, 0.5) is 0 Å². The fourth-order valence-corrected chi connectivity index (χ4v) is 2.35. The van der Waals surface area contributed by atoms with Crippen molar-refractivity contribution in [3.8, 4) is 0 Å². The second-order valence-electron chi connectivity index (χ2n) is 3.07. The quantitative estimate of drug-likeness (QED) is 0.650. The van der Waals surface area contributed by atoms with E-state index in [2.05, 4.69) is 4.90 Å². The lowest BCUT2D eigenvalue weighted by Crippen LogP contribution is -2.60. The van der Waals surface area contributed by atoms with E-state index in [1.54, 1.807) is 0 Å². The minimum Gasteiger partial charge on any atom is -0.480 e. The van der Waals surface area contributed by atoms with E-state index in [-0.39, 0.29) is 6.04 Å². The van der Waals surface area contributed by atoms with Gasteiger partial charge in [0.05, 0.1) is 0 Å². The summed E-state index contributed by atoms with van der Waals surface area (Å²) in [6.45, 7) is 0.988. The van der Waals surface area contributed by atoms with Gasteiger partial charge in [0, 0.05) is 24.1 Å². The molecule has 11 heavy (non-hydrogen) atoms. The van der Waals surface area contributed by atoms with Crippen LogP contribution >= 0.6 is 11.8 Å². The van der Waals surface area contributed by atoms with Gasteiger partial charge in [0.1, 0.15) is 6.04 Å². The highest BCUT2D eigenvalue weighted by Crippen LogP contribution is 2.30. The minimum atomic E-state index is -0.645. The number of nitrogens with zero attached hydrogens (tertiary/aromatic N) is 1. The Bertz CT molecular complexity index is 181. The lowest BCUT2D eigenvalue weighted by molar-refractivity contribution is -0.149. The molecule has 1 N–H and O–H groups in total. The fraction of sp³-hybridized carbons (Fsp3) is 0.857. The average Bonchev–Trinajstić information content (AvgIpc) is 1.73. The second kappa shape index (κ2) is 2.68. The number of carboxylic acid groups (broad SMARTS) is 1. The van der Waals surface area contributed by atoms with Gasteiger partial charge in [0.2, 0.25) is 0 Å². The Hall–Kier alpha value is -0.220. The molecule has 2 aliphatic rings. The number of thioether (sulfide) groups is 1. The van der Waals surface area contributed by atoms with Gasteiger partial charge in [-0.1, -0.05) is 0 Å². The van der Waals surface area contributed by atoms with Crippen LogP contribution in [0.5, 0.6) is 0 Å². The smallest absolute Gasteiger partial charge is 0.320 e. The van der Waals surface area contributed by atoms with Crippen molar-refractivity contribution in [1.82, 2.24) is 4.90 Å². The van der Waals surface area contributed by atoms with E-state index in [0.717, 1.165) is 24.5 Å². The number of hydrogen-bond donors (Lipinski definition) is 1. The molecule has 62 valence electrons. The van der Waals surface area contributed by atoms with Gasteiger partial charge < -0.3 is 5.11 Å². The van der Waals surface area contributed by atoms with Gasteiger partial charge in [-0.15, -0.1) is 0 Å². The average molecular weight is 173 g/mol. The Labute approximate surface area is 69.8 Å². The van der Waals surface area contributed by atoms with Crippen molar-refractivity contribution in [3.63, 3.8) is 0 Å². The molecule has 1 atom stereocenters. The van der Waals surface area contributed by atoms with Crippen molar-refractivity contribution in [1.29, 1.82) is 0 Å². The number of aliphatic carboxylic acids is 1. The third kappa shape index (κ3) is 1.14. The van der Waals surface area contributed by atoms with Crippen LogP contribution in [0, 0.1) is 0 Å². The summed E-state index contributed by atoms with van der Waals surface area (Å²) in [4.78, 5) is 12.7. The lowest BCUT2D eigenvalue weighted by atomic mass is 10.0. The third-order valence-corrected chi connectivity index (χ3v) is 3.68. The maximum atomic E-state index is 10.6. The minimum absolute atomic E-state index is 0.166. The van der Waals surface area contributed by atoms with Crippen molar-refractivity contribution in [2.24, 2.45) is 0 Å². The first-order valence-electron chi connectivity index (χ1n) is 3.85. The summed E-state index contributed by atoms with van der Waals surface area (Å²) in [7, 11) is 0. The van der Waals surface area contributed by atoms with Crippen molar-refractivity contribution in [3.05, 3.63) is 0 Å². The van der Waals surface area contributed by atoms with Crippen molar-refractivity contribution in [2.45, 2.75) is 18.5 Å². The van der Waals surface area contributed by atoms with E-state index >= 15 is 0 Å². The molecule has 4 heteroatoms. The highest BCUT2D eigenvalue weighted by Gasteiger charge is 2.40. The van der Waals surface area contributed by atoms with E-state index in [1.807, 2.05) is 11.8 Å². The zero-order valence-electron chi connectivity index (χ0n) is 6.19. The highest BCUT2D eigenvalue weighted by molar-refractivity contribution is 8.00. The van der Waals surface area contributed by atoms with Crippen LogP contribution in [0.3, 0.4) is 0 Å². The molecule has 3 nitrogen and oxygen atoms in total. The zero-order valence-corrected chi connectivity index (χ0v) is 7.01. The van der Waals surface area contributed by atoms with Crippen LogP contribution in [0.25, 0.3) is 0 Å². The van der Waals surface area contributed by atoms with Crippen LogP contribution in [0.2, 0.25) is 0 Å². The van der Waals surface area contributed by atoms with Gasteiger partial charge in [0.15, 0.2) is 0 Å². The third-order valence-electron chi connectivity index (χ3n) is 2.44. The maximum Gasteiger partial charge on any atom is 0.320 e. The van der Waals surface area contributed by atoms with Gasteiger partial charge in [-0.25, -0.2) is 0 Å². The van der Waals surface area contributed by atoms with E-state index < -0.39 is 5.97 Å². The summed E-state index contributed by atoms with van der Waals surface area (Å²) in [6.07, 6.45) is 0.844. The Morgan fingerprint density at radius 1 is 1.55 bits per heavy atom. The first-order chi connectivity index (χ1) is 5.29. The van der Waals surface area contributed by atoms with Crippen LogP contribution in [-0.2, 0) is 4.79 Å². The molecular formula is C7H11NO2S. The Morgan fingerprint density at radius 2 is 2.27 bits per heavy atom. The molecular weight excluding hydrogens is 162 g/mol. The van der Waals surface area contributed by atoms with E-state index in [4.69, 9.17) is 5.11 Å². The van der Waals surface area contributed by atoms with Gasteiger partial charge in [-0.2, -0.15) is 11.8 Å². The van der Waals surface area contributed by atoms with Crippen LogP contribution in [0.15, 0.2) is 0 Å². The highest BCUT2D eigenvalue weighted by atomic mass is 32.2. The normalized spacial score (nSPS) is 32.5. The van der Waals surface area contributed by atoms with E-state index in [1.165, 1.54) is 0 Å². The van der Waals surface area contributed by atoms with Crippen LogP contribution in [0.1, 0.15) is 6.42 Å². The zero-order chi connectivity index (χ0) is 7.84. The van der Waals surface area contributed by atoms with Crippen molar-refractivity contribution < 1.29 is 9.90 Å². The molecule has 0 bridgehead atoms. The van der Waals surface area contributed by atoms with E-state index in [0.29, 0.717) is 6.04 Å². The molecule has 2 aliphatic heterocycles. The number of carboxylic acids is 1. The summed E-state index contributed by atoms with van der Waals surface area (Å²) in [5, 5.41) is 8.72. The number of hydrogen-bond acceptors (Lipinski definition) is 3. The predicted octanol–water partition coefficient (Wildman–Crippen LogP) is 0.261. The largest absolute Gasteiger partial charge is 0.480 e. The molecule has 2 rings (SSSR count). The van der Waals surface area contributed by atoms with Gasteiger partial charge >= 0.3 is 5.97 Å². The molecule has 1 unspecified atom stereocenters. The SMILES string of the molecule is O=C(O)C1CCN1C1CSC1. The summed E-state index contributed by atoms with van der Waals surface area (Å²) >= 11 is 1.90. The van der Waals surface area contributed by atoms with Gasteiger partial charge in [-0.05, 0) is 6.42 Å². The monoisotopic (exact) mass is 173 g/mol. The molecule has 0 aliphatic carbocycles. The Morgan fingerprint density at radius 3 is 2.55 bits per heavy atom. The molecule has 2 saturated heterocycles. The first-order valence-corrected chi connectivity index (χ1v) is 5.01. The Kier molecular flexibility index (Phi) is 1.81. The summed E-state index contributed by atoms with van der Waals surface area (Å²) in [6, 6.07) is 0.399. The standard InChI is InChI=1S/C7H11NO2S/c9-7(10)6-1-2-8(6)5-3-11-4-5/h5-6H,1-4H2,(H,9,10). The van der Waals surface area contributed by atoms with Crippen molar-refractivity contribution in [2.75, 3.05) is 18.1 Å². The molecule has 0 radical (unpaired) electrons. The predicted molar refractivity (Wildman–Crippen MR) is 43.9 cm³/mol. The second-order valence-corrected chi connectivity index (χ2v) is 4.15. The number of rotatable bonds is 2. The summed E-state index contributed by atoms with van der Waals surface area (Å²) < 4.78 is 0. The molecule has 2 heterocycles. The van der Waals surface area contributed by atoms with Crippen molar-refractivity contribution >= 4 is 17.7 Å². The number of carbonyl (C=O) groups is 1. The molecule has 0 aromatic heterocycles. The van der Waals surface area contributed by atoms with Gasteiger partial charge in [0.25, 0.3) is 0 Å². The molecule has 0 aromatic rings. The number of likely N-dealkylation sites (tertiary alicyclic amines) is 1. The lowest BCUT2D eigenvalue weighted by Gasteiger charge is -2.46. The molecule has 0 spiro atoms. The van der Waals surface area contributed by atoms with E-state index in [9.17, 15) is 4.79 Å². The first kappa shape index (κ1) is 7.43. The summed E-state index contributed by atoms with van der Waals surface area (Å²) in [5.74, 6) is 1.61. The van der Waals surface area contributed by atoms with Gasteiger partial charge in [-0.3, -0.25) is 9.69 Å². The Balaban J connectivity index is 1.89. The molecule has 0 aromatic carbocycles. The molecule has 0 saturated carbocycles.